The summed E-state index contributed by atoms with van der Waals surface area (Å²) in [6.45, 7) is 4.68. The van der Waals surface area contributed by atoms with Gasteiger partial charge in [-0.05, 0) is 24.6 Å². The van der Waals surface area contributed by atoms with Gasteiger partial charge in [-0.3, -0.25) is 4.90 Å². The minimum absolute atomic E-state index is 0.158. The van der Waals surface area contributed by atoms with Crippen molar-refractivity contribution < 1.29 is 4.42 Å². The van der Waals surface area contributed by atoms with Crippen LogP contribution in [-0.2, 0) is 6.54 Å². The van der Waals surface area contributed by atoms with Crippen molar-refractivity contribution in [3.05, 3.63) is 77.7 Å². The summed E-state index contributed by atoms with van der Waals surface area (Å²) in [6.07, 6.45) is 1.76. The van der Waals surface area contributed by atoms with Crippen molar-refractivity contribution in [2.45, 2.75) is 25.4 Å². The first-order valence-electron chi connectivity index (χ1n) is 8.73. The lowest BCUT2D eigenvalue weighted by atomic mass is 9.95. The molecule has 1 saturated heterocycles. The number of hydrogen-bond donors (Lipinski definition) is 1. The molecule has 0 bridgehead atoms. The average molecular weight is 333 g/mol. The van der Waals surface area contributed by atoms with E-state index < -0.39 is 0 Å². The quantitative estimate of drug-likeness (QED) is 0.793. The maximum Gasteiger partial charge on any atom is 0.226 e. The number of benzene rings is 2. The molecule has 1 aromatic heterocycles. The van der Waals surface area contributed by atoms with Crippen molar-refractivity contribution in [3.63, 3.8) is 0 Å². The van der Waals surface area contributed by atoms with E-state index in [0.29, 0.717) is 11.8 Å². The van der Waals surface area contributed by atoms with E-state index in [0.717, 1.165) is 30.9 Å². The van der Waals surface area contributed by atoms with Crippen LogP contribution in [0.4, 0.5) is 0 Å². The van der Waals surface area contributed by atoms with Gasteiger partial charge in [-0.15, -0.1) is 0 Å². The number of likely N-dealkylation sites (tertiary alicyclic amines) is 1. The third-order valence-electron chi connectivity index (χ3n) is 4.90. The summed E-state index contributed by atoms with van der Waals surface area (Å²) in [6, 6.07) is 18.9. The predicted octanol–water partition coefficient (Wildman–Crippen LogP) is 3.58. The van der Waals surface area contributed by atoms with Gasteiger partial charge in [0.05, 0.1) is 5.69 Å². The molecule has 4 rings (SSSR count). The Hall–Kier alpha value is -2.43. The van der Waals surface area contributed by atoms with Gasteiger partial charge in [-0.2, -0.15) is 0 Å². The molecule has 2 N–H and O–H groups in total. The molecule has 4 heteroatoms. The second kappa shape index (κ2) is 6.82. The summed E-state index contributed by atoms with van der Waals surface area (Å²) in [5, 5.41) is 0. The molecule has 0 saturated carbocycles. The Balaban J connectivity index is 1.44. The fourth-order valence-electron chi connectivity index (χ4n) is 3.53. The van der Waals surface area contributed by atoms with Crippen LogP contribution in [0.5, 0.6) is 0 Å². The molecule has 25 heavy (non-hydrogen) atoms. The number of aromatic nitrogens is 1. The first-order valence-corrected chi connectivity index (χ1v) is 8.73. The van der Waals surface area contributed by atoms with Crippen LogP contribution in [0.2, 0.25) is 0 Å². The highest BCUT2D eigenvalue weighted by Crippen LogP contribution is 2.28. The van der Waals surface area contributed by atoms with Crippen molar-refractivity contribution in [1.82, 2.24) is 9.88 Å². The van der Waals surface area contributed by atoms with Gasteiger partial charge in [0, 0.05) is 37.2 Å². The monoisotopic (exact) mass is 333 g/mol. The van der Waals surface area contributed by atoms with E-state index >= 15 is 0 Å². The third kappa shape index (κ3) is 3.50. The molecule has 2 heterocycles. The van der Waals surface area contributed by atoms with Gasteiger partial charge in [0.15, 0.2) is 0 Å². The summed E-state index contributed by atoms with van der Waals surface area (Å²) in [4.78, 5) is 7.01. The molecule has 2 aromatic carbocycles. The number of oxazole rings is 1. The number of nitrogens with two attached hydrogens (primary N) is 1. The Bertz CT molecular complexity index is 826. The summed E-state index contributed by atoms with van der Waals surface area (Å²) in [5.41, 5.74) is 10.9. The molecule has 2 atom stereocenters. The van der Waals surface area contributed by atoms with Crippen LogP contribution >= 0.6 is 0 Å². The van der Waals surface area contributed by atoms with Gasteiger partial charge in [0.1, 0.15) is 6.26 Å². The SMILES string of the molecule is Cc1ccc(-c2nc(CN3C[C@@H](N)[C@H](c4ccccc4)C3)co2)cc1. The normalized spacial score (nSPS) is 20.9. The molecule has 3 aromatic rings. The Labute approximate surface area is 148 Å². The minimum atomic E-state index is 0.158. The van der Waals surface area contributed by atoms with Crippen LogP contribution in [0.25, 0.3) is 11.5 Å². The number of aryl methyl sites for hydroxylation is 1. The topological polar surface area (TPSA) is 55.3 Å². The van der Waals surface area contributed by atoms with Gasteiger partial charge < -0.3 is 10.2 Å². The zero-order valence-electron chi connectivity index (χ0n) is 14.4. The Kier molecular flexibility index (Phi) is 4.38. The second-order valence-corrected chi connectivity index (χ2v) is 6.89. The smallest absolute Gasteiger partial charge is 0.226 e. The van der Waals surface area contributed by atoms with Crippen LogP contribution < -0.4 is 5.73 Å². The van der Waals surface area contributed by atoms with Crippen LogP contribution in [0.15, 0.2) is 65.3 Å². The molecule has 0 amide bonds. The van der Waals surface area contributed by atoms with Crippen molar-refractivity contribution in [3.8, 4) is 11.5 Å². The fraction of sp³-hybridized carbons (Fsp3) is 0.286. The van der Waals surface area contributed by atoms with Crippen LogP contribution in [0.1, 0.15) is 22.7 Å². The average Bonchev–Trinajstić information content (AvgIpc) is 3.23. The number of hydrogen-bond acceptors (Lipinski definition) is 4. The lowest BCUT2D eigenvalue weighted by molar-refractivity contribution is 0.319. The number of nitrogens with zero attached hydrogens (tertiary/aromatic N) is 2. The van der Waals surface area contributed by atoms with Gasteiger partial charge in [-0.25, -0.2) is 4.98 Å². The van der Waals surface area contributed by atoms with Gasteiger partial charge in [-0.1, -0.05) is 48.0 Å². The van der Waals surface area contributed by atoms with Crippen molar-refractivity contribution in [2.24, 2.45) is 5.73 Å². The molecule has 0 aliphatic carbocycles. The predicted molar refractivity (Wildman–Crippen MR) is 99.1 cm³/mol. The van der Waals surface area contributed by atoms with Crippen molar-refractivity contribution >= 4 is 0 Å². The molecule has 4 nitrogen and oxygen atoms in total. The van der Waals surface area contributed by atoms with Gasteiger partial charge in [0.25, 0.3) is 0 Å². The van der Waals surface area contributed by atoms with E-state index in [1.54, 1.807) is 6.26 Å². The largest absolute Gasteiger partial charge is 0.444 e. The van der Waals surface area contributed by atoms with E-state index in [9.17, 15) is 0 Å². The van der Waals surface area contributed by atoms with E-state index in [1.807, 2.05) is 18.2 Å². The van der Waals surface area contributed by atoms with E-state index in [-0.39, 0.29) is 6.04 Å². The maximum absolute atomic E-state index is 6.38. The van der Waals surface area contributed by atoms with E-state index in [4.69, 9.17) is 10.2 Å². The molecule has 0 spiro atoms. The molecule has 0 unspecified atom stereocenters. The summed E-state index contributed by atoms with van der Waals surface area (Å²) >= 11 is 0. The Morgan fingerprint density at radius 1 is 1.08 bits per heavy atom. The van der Waals surface area contributed by atoms with Crippen LogP contribution in [0.3, 0.4) is 0 Å². The molecular weight excluding hydrogens is 310 g/mol. The molecule has 0 radical (unpaired) electrons. The molecule has 1 fully saturated rings. The van der Waals surface area contributed by atoms with Crippen LogP contribution in [-0.4, -0.2) is 29.0 Å². The Morgan fingerprint density at radius 2 is 1.84 bits per heavy atom. The lowest BCUT2D eigenvalue weighted by Gasteiger charge is -2.14. The molecular formula is C21H23N3O. The molecule has 128 valence electrons. The first-order chi connectivity index (χ1) is 12.2. The third-order valence-corrected chi connectivity index (χ3v) is 4.90. The highest BCUT2D eigenvalue weighted by atomic mass is 16.3. The maximum atomic E-state index is 6.38. The van der Waals surface area contributed by atoms with Crippen molar-refractivity contribution in [1.29, 1.82) is 0 Å². The Morgan fingerprint density at radius 3 is 2.60 bits per heavy atom. The standard InChI is InChI=1S/C21H23N3O/c1-15-7-9-17(10-8-15)21-23-18(14-25-21)11-24-12-19(20(22)13-24)16-5-3-2-4-6-16/h2-10,14,19-20H,11-13,22H2,1H3/t19-,20+/m0/s1. The number of rotatable bonds is 4. The van der Waals surface area contributed by atoms with E-state index in [2.05, 4.69) is 53.2 Å². The minimum Gasteiger partial charge on any atom is -0.444 e. The summed E-state index contributed by atoms with van der Waals surface area (Å²) < 4.78 is 5.67. The van der Waals surface area contributed by atoms with Gasteiger partial charge in [0.2, 0.25) is 5.89 Å². The summed E-state index contributed by atoms with van der Waals surface area (Å²) in [5.74, 6) is 1.06. The molecule has 1 aliphatic heterocycles. The first kappa shape index (κ1) is 16.1. The zero-order chi connectivity index (χ0) is 17.2. The second-order valence-electron chi connectivity index (χ2n) is 6.89. The highest BCUT2D eigenvalue weighted by Gasteiger charge is 2.31. The van der Waals surface area contributed by atoms with E-state index in [1.165, 1.54) is 11.1 Å². The fourth-order valence-corrected chi connectivity index (χ4v) is 3.53. The van der Waals surface area contributed by atoms with Gasteiger partial charge >= 0.3 is 0 Å². The van der Waals surface area contributed by atoms with Crippen molar-refractivity contribution in [2.75, 3.05) is 13.1 Å². The lowest BCUT2D eigenvalue weighted by Crippen LogP contribution is -2.28. The highest BCUT2D eigenvalue weighted by molar-refractivity contribution is 5.53. The zero-order valence-corrected chi connectivity index (χ0v) is 14.4. The molecule has 1 aliphatic rings. The summed E-state index contributed by atoms with van der Waals surface area (Å²) in [7, 11) is 0. The van der Waals surface area contributed by atoms with Crippen LogP contribution in [0, 0.1) is 6.92 Å².